The molecule has 23 heavy (non-hydrogen) atoms. The number of carbonyl (C=O) groups excluding carboxylic acids is 1. The van der Waals surface area contributed by atoms with E-state index in [9.17, 15) is 9.59 Å². The van der Waals surface area contributed by atoms with E-state index < -0.39 is 5.92 Å². The number of furan rings is 1. The molecule has 1 atom stereocenters. The third-order valence-corrected chi connectivity index (χ3v) is 4.63. The first-order valence-corrected chi connectivity index (χ1v) is 7.76. The van der Waals surface area contributed by atoms with Crippen molar-refractivity contribution in [1.82, 2.24) is 10.2 Å². The first-order chi connectivity index (χ1) is 10.9. The summed E-state index contributed by atoms with van der Waals surface area (Å²) in [6.07, 6.45) is 1.23. The maximum Gasteiger partial charge on any atom is 0.270 e. The Bertz CT molecular complexity index is 894. The standard InChI is InChI=1S/C17H19N3O3/c1-8-4-5-11(23-8)13-12-9(6-17(2,3)7-10(12)21)18-15-14(13)16(22)20-19-15/h4-5,13H,6-7H2,1-3H3,(H3,18,19,20,22)/t13-/m0/s1. The average molecular weight is 313 g/mol. The molecule has 0 saturated heterocycles. The molecule has 2 aromatic heterocycles. The van der Waals surface area contributed by atoms with Gasteiger partial charge in [0.2, 0.25) is 0 Å². The average Bonchev–Trinajstić information content (AvgIpc) is 3.02. The summed E-state index contributed by atoms with van der Waals surface area (Å²) in [6, 6.07) is 3.70. The molecule has 0 saturated carbocycles. The van der Waals surface area contributed by atoms with E-state index in [0.29, 0.717) is 29.1 Å². The Morgan fingerprint density at radius 1 is 1.17 bits per heavy atom. The smallest absolute Gasteiger partial charge is 0.270 e. The quantitative estimate of drug-likeness (QED) is 0.755. The summed E-state index contributed by atoms with van der Waals surface area (Å²) in [7, 11) is 0. The second-order valence-electron chi connectivity index (χ2n) is 7.21. The maximum atomic E-state index is 12.8. The number of ketones is 1. The molecule has 0 amide bonds. The molecule has 0 radical (unpaired) electrons. The lowest BCUT2D eigenvalue weighted by Gasteiger charge is -2.37. The summed E-state index contributed by atoms with van der Waals surface area (Å²) in [4.78, 5) is 25.1. The molecular formula is C17H19N3O3. The maximum absolute atomic E-state index is 12.8. The molecule has 3 N–H and O–H groups in total. The summed E-state index contributed by atoms with van der Waals surface area (Å²) < 4.78 is 5.77. The zero-order chi connectivity index (χ0) is 16.4. The van der Waals surface area contributed by atoms with Crippen LogP contribution < -0.4 is 10.9 Å². The Morgan fingerprint density at radius 3 is 2.65 bits per heavy atom. The molecule has 2 aromatic rings. The van der Waals surface area contributed by atoms with Gasteiger partial charge in [-0.2, -0.15) is 0 Å². The number of fused-ring (bicyclic) bond motifs is 1. The number of Topliss-reactive ketones (excluding diaryl/α,β-unsaturated/α-hetero) is 1. The van der Waals surface area contributed by atoms with E-state index >= 15 is 0 Å². The van der Waals surface area contributed by atoms with E-state index in [4.69, 9.17) is 4.42 Å². The third kappa shape index (κ3) is 2.09. The molecule has 3 heterocycles. The number of nitrogens with one attached hydrogen (secondary N) is 3. The molecule has 4 rings (SSSR count). The minimum Gasteiger partial charge on any atom is -0.465 e. The molecule has 6 nitrogen and oxygen atoms in total. The summed E-state index contributed by atoms with van der Waals surface area (Å²) >= 11 is 0. The van der Waals surface area contributed by atoms with Gasteiger partial charge in [0.1, 0.15) is 17.3 Å². The molecule has 0 fully saturated rings. The molecule has 0 spiro atoms. The molecular weight excluding hydrogens is 294 g/mol. The van der Waals surface area contributed by atoms with E-state index in [1.165, 1.54) is 0 Å². The lowest BCUT2D eigenvalue weighted by atomic mass is 9.70. The van der Waals surface area contributed by atoms with Gasteiger partial charge in [-0.3, -0.25) is 19.8 Å². The monoisotopic (exact) mass is 313 g/mol. The van der Waals surface area contributed by atoms with Crippen molar-refractivity contribution in [1.29, 1.82) is 0 Å². The van der Waals surface area contributed by atoms with Crippen LogP contribution in [0, 0.1) is 12.3 Å². The fourth-order valence-electron chi connectivity index (χ4n) is 3.71. The van der Waals surface area contributed by atoms with Crippen LogP contribution in [-0.2, 0) is 4.79 Å². The predicted molar refractivity (Wildman–Crippen MR) is 85.4 cm³/mol. The largest absolute Gasteiger partial charge is 0.465 e. The normalized spacial score (nSPS) is 22.6. The Morgan fingerprint density at radius 2 is 1.96 bits per heavy atom. The van der Waals surface area contributed by atoms with Gasteiger partial charge < -0.3 is 9.73 Å². The van der Waals surface area contributed by atoms with Gasteiger partial charge in [0.25, 0.3) is 5.56 Å². The topological polar surface area (TPSA) is 90.9 Å². The van der Waals surface area contributed by atoms with Crippen LogP contribution in [0.1, 0.15) is 49.7 Å². The van der Waals surface area contributed by atoms with Crippen molar-refractivity contribution in [2.45, 2.75) is 39.5 Å². The Kier molecular flexibility index (Phi) is 2.76. The number of H-pyrrole nitrogens is 2. The highest BCUT2D eigenvalue weighted by Gasteiger charge is 2.43. The molecule has 0 unspecified atom stereocenters. The number of anilines is 1. The summed E-state index contributed by atoms with van der Waals surface area (Å²) in [5.41, 5.74) is 1.74. The second kappa shape index (κ2) is 4.50. The van der Waals surface area contributed by atoms with Crippen LogP contribution in [0.4, 0.5) is 5.82 Å². The molecule has 1 aliphatic carbocycles. The van der Waals surface area contributed by atoms with Gasteiger partial charge in [-0.25, -0.2) is 0 Å². The van der Waals surface area contributed by atoms with Crippen molar-refractivity contribution in [3.63, 3.8) is 0 Å². The second-order valence-corrected chi connectivity index (χ2v) is 7.21. The van der Waals surface area contributed by atoms with Gasteiger partial charge in [-0.05, 0) is 30.9 Å². The van der Waals surface area contributed by atoms with Crippen LogP contribution in [0.15, 0.2) is 32.6 Å². The van der Waals surface area contributed by atoms with E-state index in [2.05, 4.69) is 29.4 Å². The molecule has 6 heteroatoms. The van der Waals surface area contributed by atoms with Gasteiger partial charge in [-0.1, -0.05) is 13.8 Å². The van der Waals surface area contributed by atoms with Gasteiger partial charge in [0, 0.05) is 17.7 Å². The summed E-state index contributed by atoms with van der Waals surface area (Å²) in [5.74, 6) is 1.65. The van der Waals surface area contributed by atoms with Crippen LogP contribution in [0.5, 0.6) is 0 Å². The lowest BCUT2D eigenvalue weighted by molar-refractivity contribution is -0.118. The fourth-order valence-corrected chi connectivity index (χ4v) is 3.71. The zero-order valence-corrected chi connectivity index (χ0v) is 13.4. The van der Waals surface area contributed by atoms with Gasteiger partial charge >= 0.3 is 0 Å². The van der Waals surface area contributed by atoms with Crippen molar-refractivity contribution < 1.29 is 9.21 Å². The first-order valence-electron chi connectivity index (χ1n) is 7.76. The molecule has 1 aliphatic heterocycles. The van der Waals surface area contributed by atoms with Crippen molar-refractivity contribution in [3.8, 4) is 0 Å². The number of carbonyl (C=O) groups is 1. The van der Waals surface area contributed by atoms with Crippen molar-refractivity contribution in [2.24, 2.45) is 5.41 Å². The summed E-state index contributed by atoms with van der Waals surface area (Å²) in [5, 5.41) is 8.72. The van der Waals surface area contributed by atoms with Crippen LogP contribution >= 0.6 is 0 Å². The molecule has 0 aromatic carbocycles. The molecule has 120 valence electrons. The number of aryl methyl sites for hydroxylation is 1. The van der Waals surface area contributed by atoms with E-state index in [1.54, 1.807) is 0 Å². The van der Waals surface area contributed by atoms with Crippen LogP contribution in [0.3, 0.4) is 0 Å². The number of hydrogen-bond acceptors (Lipinski definition) is 4. The minimum atomic E-state index is -0.450. The number of aromatic nitrogens is 2. The SMILES string of the molecule is Cc1ccc([C@H]2C3=C(CC(C)(C)CC3=O)Nc3[nH][nH]c(=O)c32)o1. The number of hydrogen-bond donors (Lipinski definition) is 3. The number of rotatable bonds is 1. The third-order valence-electron chi connectivity index (χ3n) is 4.63. The van der Waals surface area contributed by atoms with Crippen molar-refractivity contribution in [2.75, 3.05) is 5.32 Å². The molecule has 2 aliphatic rings. The minimum absolute atomic E-state index is 0.0778. The van der Waals surface area contributed by atoms with E-state index in [1.807, 2.05) is 19.1 Å². The highest BCUT2D eigenvalue weighted by Crippen LogP contribution is 2.47. The Hall–Kier alpha value is -2.50. The Labute approximate surface area is 133 Å². The lowest BCUT2D eigenvalue weighted by Crippen LogP contribution is -2.34. The van der Waals surface area contributed by atoms with E-state index in [0.717, 1.165) is 17.9 Å². The van der Waals surface area contributed by atoms with Gasteiger partial charge in [-0.15, -0.1) is 0 Å². The number of allylic oxidation sites excluding steroid dienone is 2. The van der Waals surface area contributed by atoms with Crippen molar-refractivity contribution in [3.05, 3.63) is 50.8 Å². The van der Waals surface area contributed by atoms with Gasteiger partial charge in [0.15, 0.2) is 5.78 Å². The molecule has 0 bridgehead atoms. The van der Waals surface area contributed by atoms with Crippen molar-refractivity contribution >= 4 is 11.6 Å². The van der Waals surface area contributed by atoms with Crippen LogP contribution in [-0.4, -0.2) is 16.0 Å². The predicted octanol–water partition coefficient (Wildman–Crippen LogP) is 2.81. The van der Waals surface area contributed by atoms with Crippen LogP contribution in [0.25, 0.3) is 0 Å². The van der Waals surface area contributed by atoms with E-state index in [-0.39, 0.29) is 16.8 Å². The number of aromatic amines is 2. The summed E-state index contributed by atoms with van der Waals surface area (Å²) in [6.45, 7) is 6.02. The first kappa shape index (κ1) is 14.1. The zero-order valence-electron chi connectivity index (χ0n) is 13.4. The van der Waals surface area contributed by atoms with Gasteiger partial charge in [0.05, 0.1) is 11.5 Å². The van der Waals surface area contributed by atoms with Crippen LogP contribution in [0.2, 0.25) is 0 Å². The Balaban J connectivity index is 1.95. The highest BCUT2D eigenvalue weighted by molar-refractivity contribution is 6.01. The highest BCUT2D eigenvalue weighted by atomic mass is 16.3. The fraction of sp³-hybridized carbons (Fsp3) is 0.412.